The standard InChI is InChI=1S/C22H24ClN5O3S/c1-26(2)24-15-16-3-5-17(6-4-16)22(29)27-9-11-28(12-10-27)32(30,31)21-14-18-13-19(23)7-8-20(18)25-21/h3-8,13-15,25H,9-12H2,1-2H3. The maximum atomic E-state index is 13.1. The number of amides is 1. The first-order chi connectivity index (χ1) is 15.2. The Labute approximate surface area is 192 Å². The van der Waals surface area contributed by atoms with Gasteiger partial charge in [0.05, 0.1) is 6.21 Å². The minimum Gasteiger partial charge on any atom is -0.345 e. The van der Waals surface area contributed by atoms with E-state index in [1.807, 2.05) is 26.2 Å². The van der Waals surface area contributed by atoms with E-state index in [0.717, 1.165) is 10.9 Å². The maximum absolute atomic E-state index is 13.1. The molecule has 0 aliphatic carbocycles. The average Bonchev–Trinajstić information content (AvgIpc) is 3.22. The van der Waals surface area contributed by atoms with Crippen molar-refractivity contribution in [1.82, 2.24) is 19.2 Å². The lowest BCUT2D eigenvalue weighted by atomic mass is 10.1. The average molecular weight is 474 g/mol. The monoisotopic (exact) mass is 473 g/mol. The van der Waals surface area contributed by atoms with E-state index in [9.17, 15) is 13.2 Å². The molecule has 0 radical (unpaired) electrons. The van der Waals surface area contributed by atoms with Gasteiger partial charge in [0.15, 0.2) is 0 Å². The van der Waals surface area contributed by atoms with Crippen molar-refractivity contribution in [2.45, 2.75) is 5.03 Å². The highest BCUT2D eigenvalue weighted by molar-refractivity contribution is 7.89. The van der Waals surface area contributed by atoms with Gasteiger partial charge in [0.2, 0.25) is 0 Å². The molecule has 1 fully saturated rings. The number of hydrazone groups is 1. The van der Waals surface area contributed by atoms with Gasteiger partial charge < -0.3 is 14.9 Å². The van der Waals surface area contributed by atoms with Gasteiger partial charge in [-0.05, 0) is 42.0 Å². The summed E-state index contributed by atoms with van der Waals surface area (Å²) < 4.78 is 27.6. The molecule has 1 amide bonds. The van der Waals surface area contributed by atoms with Crippen LogP contribution in [0.3, 0.4) is 0 Å². The van der Waals surface area contributed by atoms with Crippen LogP contribution in [0.4, 0.5) is 0 Å². The minimum atomic E-state index is -3.69. The number of carbonyl (C=O) groups excluding carboxylic acids is 1. The number of hydrogen-bond acceptors (Lipinski definition) is 5. The van der Waals surface area contributed by atoms with Gasteiger partial charge in [-0.15, -0.1) is 0 Å². The van der Waals surface area contributed by atoms with E-state index >= 15 is 0 Å². The molecule has 8 nitrogen and oxygen atoms in total. The first kappa shape index (κ1) is 22.3. The molecule has 0 saturated carbocycles. The summed E-state index contributed by atoms with van der Waals surface area (Å²) in [5, 5.41) is 7.28. The molecule has 0 unspecified atom stereocenters. The number of halogens is 1. The molecular formula is C22H24ClN5O3S. The number of fused-ring (bicyclic) bond motifs is 1. The smallest absolute Gasteiger partial charge is 0.258 e. The van der Waals surface area contributed by atoms with Crippen LogP contribution < -0.4 is 0 Å². The van der Waals surface area contributed by atoms with Gasteiger partial charge in [0.25, 0.3) is 15.9 Å². The van der Waals surface area contributed by atoms with Crippen molar-refractivity contribution < 1.29 is 13.2 Å². The summed E-state index contributed by atoms with van der Waals surface area (Å²) >= 11 is 6.00. The zero-order valence-corrected chi connectivity index (χ0v) is 19.4. The van der Waals surface area contributed by atoms with E-state index in [-0.39, 0.29) is 24.0 Å². The second kappa shape index (κ2) is 8.93. The quantitative estimate of drug-likeness (QED) is 0.456. The van der Waals surface area contributed by atoms with Gasteiger partial charge in [-0.25, -0.2) is 8.42 Å². The van der Waals surface area contributed by atoms with Crippen LogP contribution in [0.5, 0.6) is 0 Å². The lowest BCUT2D eigenvalue weighted by Crippen LogP contribution is -2.50. The van der Waals surface area contributed by atoms with Gasteiger partial charge in [0.1, 0.15) is 5.03 Å². The topological polar surface area (TPSA) is 89.1 Å². The molecule has 1 aromatic heterocycles. The number of aromatic nitrogens is 1. The number of piperazine rings is 1. The summed E-state index contributed by atoms with van der Waals surface area (Å²) in [6, 6.07) is 14.0. The summed E-state index contributed by atoms with van der Waals surface area (Å²) in [4.78, 5) is 17.5. The Morgan fingerprint density at radius 1 is 1.06 bits per heavy atom. The lowest BCUT2D eigenvalue weighted by Gasteiger charge is -2.33. The molecule has 4 rings (SSSR count). The number of rotatable bonds is 5. The van der Waals surface area contributed by atoms with Crippen LogP contribution >= 0.6 is 11.6 Å². The van der Waals surface area contributed by atoms with E-state index in [4.69, 9.17) is 11.6 Å². The van der Waals surface area contributed by atoms with Gasteiger partial charge in [-0.2, -0.15) is 9.41 Å². The fraction of sp³-hybridized carbons (Fsp3) is 0.273. The fourth-order valence-electron chi connectivity index (χ4n) is 3.56. The maximum Gasteiger partial charge on any atom is 0.258 e. The molecule has 32 heavy (non-hydrogen) atoms. The SMILES string of the molecule is CN(C)N=Cc1ccc(C(=O)N2CCN(S(=O)(=O)c3cc4cc(Cl)ccc4[nH]3)CC2)cc1. The van der Waals surface area contributed by atoms with Crippen LogP contribution in [0, 0.1) is 0 Å². The highest BCUT2D eigenvalue weighted by Gasteiger charge is 2.31. The number of sulfonamides is 1. The molecule has 0 atom stereocenters. The molecule has 1 aliphatic heterocycles. The second-order valence-corrected chi connectivity index (χ2v) is 10.1. The summed E-state index contributed by atoms with van der Waals surface area (Å²) in [5.74, 6) is -0.113. The highest BCUT2D eigenvalue weighted by Crippen LogP contribution is 2.25. The summed E-state index contributed by atoms with van der Waals surface area (Å²) in [6.07, 6.45) is 1.72. The van der Waals surface area contributed by atoms with Gasteiger partial charge >= 0.3 is 0 Å². The van der Waals surface area contributed by atoms with Crippen molar-refractivity contribution in [2.75, 3.05) is 40.3 Å². The Balaban J connectivity index is 1.42. The molecule has 2 heterocycles. The third kappa shape index (κ3) is 4.64. The lowest BCUT2D eigenvalue weighted by molar-refractivity contribution is 0.0698. The molecule has 0 spiro atoms. The first-order valence-corrected chi connectivity index (χ1v) is 11.9. The molecule has 0 bridgehead atoms. The van der Waals surface area contributed by atoms with Crippen molar-refractivity contribution in [3.8, 4) is 0 Å². The van der Waals surface area contributed by atoms with Crippen molar-refractivity contribution >= 4 is 44.6 Å². The van der Waals surface area contributed by atoms with Crippen molar-refractivity contribution in [3.63, 3.8) is 0 Å². The second-order valence-electron chi connectivity index (χ2n) is 7.78. The summed E-state index contributed by atoms with van der Waals surface area (Å²) in [6.45, 7) is 1.12. The van der Waals surface area contributed by atoms with Crippen LogP contribution in [0.2, 0.25) is 5.02 Å². The molecule has 2 aromatic carbocycles. The number of nitrogens with zero attached hydrogens (tertiary/aromatic N) is 4. The van der Waals surface area contributed by atoms with E-state index < -0.39 is 10.0 Å². The molecule has 1 aliphatic rings. The van der Waals surface area contributed by atoms with Crippen molar-refractivity contribution in [2.24, 2.45) is 5.10 Å². The largest absolute Gasteiger partial charge is 0.345 e. The van der Waals surface area contributed by atoms with Crippen LogP contribution in [0.1, 0.15) is 15.9 Å². The van der Waals surface area contributed by atoms with Crippen LogP contribution in [0.15, 0.2) is 58.7 Å². The van der Waals surface area contributed by atoms with Crippen LogP contribution in [-0.4, -0.2) is 80.0 Å². The van der Waals surface area contributed by atoms with Gasteiger partial charge in [0, 0.05) is 61.8 Å². The molecular weight excluding hydrogens is 450 g/mol. The molecule has 3 aromatic rings. The molecule has 10 heteroatoms. The Hall–Kier alpha value is -2.88. The predicted molar refractivity (Wildman–Crippen MR) is 126 cm³/mol. The highest BCUT2D eigenvalue weighted by atomic mass is 35.5. The number of aromatic amines is 1. The Morgan fingerprint density at radius 3 is 2.41 bits per heavy atom. The third-order valence-corrected chi connectivity index (χ3v) is 7.35. The first-order valence-electron chi connectivity index (χ1n) is 10.1. The number of benzene rings is 2. The third-order valence-electron chi connectivity index (χ3n) is 5.30. The van der Waals surface area contributed by atoms with E-state index in [1.54, 1.807) is 52.5 Å². The fourth-order valence-corrected chi connectivity index (χ4v) is 5.18. The molecule has 1 N–H and O–H groups in total. The summed E-state index contributed by atoms with van der Waals surface area (Å²) in [5.41, 5.74) is 2.17. The van der Waals surface area contributed by atoms with Crippen molar-refractivity contribution in [3.05, 3.63) is 64.7 Å². The zero-order valence-electron chi connectivity index (χ0n) is 17.8. The number of hydrogen-bond donors (Lipinski definition) is 1. The normalized spacial score (nSPS) is 15.5. The van der Waals surface area contributed by atoms with E-state index in [1.165, 1.54) is 4.31 Å². The predicted octanol–water partition coefficient (Wildman–Crippen LogP) is 2.86. The minimum absolute atomic E-state index is 0.113. The van der Waals surface area contributed by atoms with Gasteiger partial charge in [-0.1, -0.05) is 23.7 Å². The van der Waals surface area contributed by atoms with E-state index in [2.05, 4.69) is 10.1 Å². The number of H-pyrrole nitrogens is 1. The number of carbonyl (C=O) groups is 1. The Bertz CT molecular complexity index is 1260. The number of nitrogens with one attached hydrogen (secondary N) is 1. The Kier molecular flexibility index (Phi) is 6.23. The van der Waals surface area contributed by atoms with Crippen LogP contribution in [0.25, 0.3) is 10.9 Å². The van der Waals surface area contributed by atoms with E-state index in [0.29, 0.717) is 29.2 Å². The zero-order chi connectivity index (χ0) is 22.9. The summed E-state index contributed by atoms with van der Waals surface area (Å²) in [7, 11) is -0.0207. The molecule has 168 valence electrons. The molecule has 1 saturated heterocycles. The Morgan fingerprint density at radius 2 is 1.75 bits per heavy atom. The van der Waals surface area contributed by atoms with Gasteiger partial charge in [-0.3, -0.25) is 4.79 Å². The van der Waals surface area contributed by atoms with Crippen LogP contribution in [-0.2, 0) is 10.0 Å². The van der Waals surface area contributed by atoms with Crippen molar-refractivity contribution in [1.29, 1.82) is 0 Å².